The summed E-state index contributed by atoms with van der Waals surface area (Å²) in [7, 11) is 0. The number of carbonyl (C=O) groups excluding carboxylic acids is 2. The molecule has 7 nitrogen and oxygen atoms in total. The van der Waals surface area contributed by atoms with Gasteiger partial charge in [0.25, 0.3) is 0 Å². The molecule has 0 spiro atoms. The van der Waals surface area contributed by atoms with Gasteiger partial charge in [-0.25, -0.2) is 0 Å². The number of carbonyl (C=O) groups is 2. The lowest BCUT2D eigenvalue weighted by Crippen LogP contribution is -2.10. The topological polar surface area (TPSA) is 97.8 Å². The zero-order valence-corrected chi connectivity index (χ0v) is 13.7. The Hall–Kier alpha value is -3.06. The highest BCUT2D eigenvalue weighted by Gasteiger charge is 2.17. The number of halogens is 1. The molecule has 0 amide bonds. The maximum Gasteiger partial charge on any atom is 0.240 e. The monoisotopic (exact) mass is 356 g/mol. The Bertz CT molecular complexity index is 862. The van der Waals surface area contributed by atoms with Gasteiger partial charge in [-0.2, -0.15) is 5.21 Å². The number of hydrogen-bond acceptors (Lipinski definition) is 6. The van der Waals surface area contributed by atoms with Crippen molar-refractivity contribution in [2.24, 2.45) is 0 Å². The number of ether oxygens (including phenoxy) is 1. The lowest BCUT2D eigenvalue weighted by molar-refractivity contribution is 0.0888. The number of hydrogen-bond donors (Lipinski definition) is 1. The number of Topliss-reactive ketones (excluding diaryl/α,β-unsaturated/α-hetero) is 2. The molecule has 126 valence electrons. The molecule has 2 aromatic carbocycles. The second kappa shape index (κ2) is 7.67. The number of aromatic nitrogens is 4. The summed E-state index contributed by atoms with van der Waals surface area (Å²) < 4.78 is 5.65. The highest BCUT2D eigenvalue weighted by molar-refractivity contribution is 6.30. The zero-order chi connectivity index (χ0) is 17.6. The Morgan fingerprint density at radius 1 is 1.00 bits per heavy atom. The van der Waals surface area contributed by atoms with E-state index >= 15 is 0 Å². The number of H-pyrrole nitrogens is 1. The van der Waals surface area contributed by atoms with E-state index in [1.807, 2.05) is 12.1 Å². The summed E-state index contributed by atoms with van der Waals surface area (Å²) in [6, 6.07) is 13.9. The van der Waals surface area contributed by atoms with E-state index in [0.29, 0.717) is 22.9 Å². The van der Waals surface area contributed by atoms with Gasteiger partial charge in [-0.15, -0.1) is 10.2 Å². The van der Waals surface area contributed by atoms with Crippen LogP contribution in [0.2, 0.25) is 5.02 Å². The number of benzene rings is 2. The molecule has 8 heteroatoms. The van der Waals surface area contributed by atoms with Crippen molar-refractivity contribution in [2.75, 3.05) is 0 Å². The largest absolute Gasteiger partial charge is 0.489 e. The predicted molar refractivity (Wildman–Crippen MR) is 89.7 cm³/mol. The number of ketones is 2. The first-order valence-corrected chi connectivity index (χ1v) is 7.77. The third-order valence-electron chi connectivity index (χ3n) is 3.41. The maximum absolute atomic E-state index is 12.1. The van der Waals surface area contributed by atoms with Crippen LogP contribution in [0.3, 0.4) is 0 Å². The smallest absolute Gasteiger partial charge is 0.240 e. The van der Waals surface area contributed by atoms with Crippen LogP contribution in [0.5, 0.6) is 5.75 Å². The predicted octanol–water partition coefficient (Wildman–Crippen LogP) is 2.89. The Morgan fingerprint density at radius 2 is 1.72 bits per heavy atom. The standard InChI is InChI=1S/C17H13ClN4O3/c18-13-5-1-11(2-6-13)10-25-14-7-3-12(4-8-14)15(23)9-16(24)17-19-21-22-20-17/h1-8H,9-10H2,(H,19,20,21,22). The van der Waals surface area contributed by atoms with E-state index in [1.165, 1.54) is 0 Å². The number of nitrogens with zero attached hydrogens (tertiary/aromatic N) is 3. The number of nitrogens with one attached hydrogen (secondary N) is 1. The molecular formula is C17H13ClN4O3. The second-order valence-electron chi connectivity index (χ2n) is 5.20. The summed E-state index contributed by atoms with van der Waals surface area (Å²) in [5.41, 5.74) is 1.39. The normalized spacial score (nSPS) is 10.4. The van der Waals surface area contributed by atoms with Crippen LogP contribution in [0.25, 0.3) is 0 Å². The quantitative estimate of drug-likeness (QED) is 0.516. The molecule has 3 rings (SSSR count). The minimum absolute atomic E-state index is 0.101. The van der Waals surface area contributed by atoms with Gasteiger partial charge in [-0.1, -0.05) is 23.7 Å². The zero-order valence-electron chi connectivity index (χ0n) is 13.0. The molecule has 0 atom stereocenters. The van der Waals surface area contributed by atoms with Crippen molar-refractivity contribution in [3.63, 3.8) is 0 Å². The molecule has 0 fully saturated rings. The number of aromatic amines is 1. The molecule has 3 aromatic rings. The highest BCUT2D eigenvalue weighted by atomic mass is 35.5. The molecule has 1 aromatic heterocycles. The SMILES string of the molecule is O=C(CC(=O)c1nn[nH]n1)c1ccc(OCc2ccc(Cl)cc2)cc1. The minimum Gasteiger partial charge on any atom is -0.489 e. The van der Waals surface area contributed by atoms with Crippen molar-refractivity contribution in [1.82, 2.24) is 20.6 Å². The Morgan fingerprint density at radius 3 is 2.36 bits per heavy atom. The molecule has 0 unspecified atom stereocenters. The molecule has 0 saturated heterocycles. The van der Waals surface area contributed by atoms with E-state index in [2.05, 4.69) is 20.6 Å². The molecule has 1 N–H and O–H groups in total. The first kappa shape index (κ1) is 16.8. The Labute approximate surface area is 148 Å². The summed E-state index contributed by atoms with van der Waals surface area (Å²) in [6.45, 7) is 0.390. The van der Waals surface area contributed by atoms with Crippen LogP contribution in [0.15, 0.2) is 48.5 Å². The molecule has 0 aliphatic rings. The van der Waals surface area contributed by atoms with Crippen LogP contribution in [0, 0.1) is 0 Å². The number of tetrazole rings is 1. The third kappa shape index (κ3) is 4.48. The van der Waals surface area contributed by atoms with E-state index in [1.54, 1.807) is 36.4 Å². The van der Waals surface area contributed by atoms with E-state index in [4.69, 9.17) is 16.3 Å². The van der Waals surface area contributed by atoms with Crippen molar-refractivity contribution in [2.45, 2.75) is 13.0 Å². The van der Waals surface area contributed by atoms with Crippen molar-refractivity contribution >= 4 is 23.2 Å². The first-order chi connectivity index (χ1) is 12.1. The Balaban J connectivity index is 1.57. The van der Waals surface area contributed by atoms with Crippen molar-refractivity contribution in [3.8, 4) is 5.75 Å². The van der Waals surface area contributed by atoms with Crippen LogP contribution < -0.4 is 4.74 Å². The van der Waals surface area contributed by atoms with Crippen molar-refractivity contribution in [3.05, 3.63) is 70.5 Å². The van der Waals surface area contributed by atoms with Crippen molar-refractivity contribution < 1.29 is 14.3 Å². The molecule has 0 radical (unpaired) electrons. The van der Waals surface area contributed by atoms with Crippen LogP contribution in [-0.2, 0) is 6.61 Å². The van der Waals surface area contributed by atoms with Crippen LogP contribution in [0.1, 0.15) is 33.0 Å². The van der Waals surface area contributed by atoms with Crippen LogP contribution in [0.4, 0.5) is 0 Å². The summed E-state index contributed by atoms with van der Waals surface area (Å²) in [5, 5.41) is 13.3. The molecule has 0 aliphatic carbocycles. The third-order valence-corrected chi connectivity index (χ3v) is 3.66. The maximum atomic E-state index is 12.1. The van der Waals surface area contributed by atoms with Gasteiger partial charge in [0, 0.05) is 10.6 Å². The summed E-state index contributed by atoms with van der Waals surface area (Å²) in [6.07, 6.45) is -0.315. The van der Waals surface area contributed by atoms with Gasteiger partial charge in [0.05, 0.1) is 6.42 Å². The highest BCUT2D eigenvalue weighted by Crippen LogP contribution is 2.17. The van der Waals surface area contributed by atoms with Gasteiger partial charge in [-0.05, 0) is 47.2 Å². The van der Waals surface area contributed by atoms with Gasteiger partial charge in [-0.3, -0.25) is 9.59 Å². The van der Waals surface area contributed by atoms with E-state index in [0.717, 1.165) is 5.56 Å². The molecule has 25 heavy (non-hydrogen) atoms. The van der Waals surface area contributed by atoms with Crippen LogP contribution >= 0.6 is 11.6 Å². The van der Waals surface area contributed by atoms with Gasteiger partial charge in [0.1, 0.15) is 12.4 Å². The van der Waals surface area contributed by atoms with Gasteiger partial charge >= 0.3 is 0 Å². The summed E-state index contributed by atoms with van der Waals surface area (Å²) in [4.78, 5) is 23.9. The molecule has 0 saturated carbocycles. The average molecular weight is 357 g/mol. The molecule has 1 heterocycles. The summed E-state index contributed by atoms with van der Waals surface area (Å²) >= 11 is 5.83. The van der Waals surface area contributed by atoms with Gasteiger partial charge in [0.15, 0.2) is 5.78 Å². The van der Waals surface area contributed by atoms with Crippen molar-refractivity contribution in [1.29, 1.82) is 0 Å². The fourth-order valence-electron chi connectivity index (χ4n) is 2.09. The fourth-order valence-corrected chi connectivity index (χ4v) is 2.22. The first-order valence-electron chi connectivity index (χ1n) is 7.39. The van der Waals surface area contributed by atoms with E-state index < -0.39 is 5.78 Å². The fraction of sp³-hybridized carbons (Fsp3) is 0.118. The minimum atomic E-state index is -0.484. The summed E-state index contributed by atoms with van der Waals surface area (Å²) in [5.74, 6) is -0.284. The lowest BCUT2D eigenvalue weighted by Gasteiger charge is -2.07. The van der Waals surface area contributed by atoms with Gasteiger partial charge < -0.3 is 4.74 Å². The lowest BCUT2D eigenvalue weighted by atomic mass is 10.1. The van der Waals surface area contributed by atoms with Crippen LogP contribution in [-0.4, -0.2) is 32.2 Å². The van der Waals surface area contributed by atoms with E-state index in [-0.39, 0.29) is 18.0 Å². The van der Waals surface area contributed by atoms with E-state index in [9.17, 15) is 9.59 Å². The molecule has 0 aliphatic heterocycles. The average Bonchev–Trinajstić information content (AvgIpc) is 3.16. The number of rotatable bonds is 7. The Kier molecular flexibility index (Phi) is 5.15. The molecule has 0 bridgehead atoms. The van der Waals surface area contributed by atoms with Gasteiger partial charge in [0.2, 0.25) is 11.6 Å². The second-order valence-corrected chi connectivity index (χ2v) is 5.63. The molecular weight excluding hydrogens is 344 g/mol.